The van der Waals surface area contributed by atoms with Gasteiger partial charge in [0.15, 0.2) is 6.10 Å². The topological polar surface area (TPSA) is 64.4 Å². The molecule has 0 aliphatic carbocycles. The van der Waals surface area contributed by atoms with Crippen LogP contribution in [-0.2, 0) is 11.0 Å². The molecule has 0 fully saturated rings. The first kappa shape index (κ1) is 18.8. The molecule has 27 heavy (non-hydrogen) atoms. The smallest absolute Gasteiger partial charge is 0.416 e. The number of nitrogens with zero attached hydrogens (tertiary/aromatic N) is 2. The number of fused-ring (bicyclic) bond motifs is 1. The fourth-order valence-electron chi connectivity index (χ4n) is 2.85. The van der Waals surface area contributed by atoms with Gasteiger partial charge in [0, 0.05) is 5.69 Å². The highest BCUT2D eigenvalue weighted by Crippen LogP contribution is 2.32. The third-order valence-electron chi connectivity index (χ3n) is 4.17. The fraction of sp³-hybridized carbons (Fsp3) is 0.263. The van der Waals surface area contributed by atoms with Gasteiger partial charge in [-0.1, -0.05) is 6.92 Å². The van der Waals surface area contributed by atoms with Crippen LogP contribution in [0, 0.1) is 6.92 Å². The van der Waals surface area contributed by atoms with E-state index in [1.807, 2.05) is 0 Å². The highest BCUT2D eigenvalue weighted by Gasteiger charge is 2.31. The molecule has 0 aliphatic rings. The van der Waals surface area contributed by atoms with Gasteiger partial charge in [-0.25, -0.2) is 9.78 Å². The molecule has 0 spiro atoms. The van der Waals surface area contributed by atoms with E-state index in [1.54, 1.807) is 42.7 Å². The second-order valence-corrected chi connectivity index (χ2v) is 6.04. The lowest BCUT2D eigenvalue weighted by Crippen LogP contribution is -2.25. The van der Waals surface area contributed by atoms with E-state index in [4.69, 9.17) is 9.84 Å². The molecule has 1 heterocycles. The van der Waals surface area contributed by atoms with Gasteiger partial charge in [-0.05, 0) is 55.8 Å². The molecule has 0 aliphatic heterocycles. The van der Waals surface area contributed by atoms with Crippen LogP contribution in [0.15, 0.2) is 42.5 Å². The van der Waals surface area contributed by atoms with Crippen molar-refractivity contribution >= 4 is 17.0 Å². The Morgan fingerprint density at radius 3 is 2.44 bits per heavy atom. The molecule has 8 heteroatoms. The fourth-order valence-corrected chi connectivity index (χ4v) is 2.85. The number of aromatic nitrogens is 2. The van der Waals surface area contributed by atoms with Crippen LogP contribution in [0.25, 0.3) is 16.7 Å². The zero-order valence-electron chi connectivity index (χ0n) is 14.6. The van der Waals surface area contributed by atoms with E-state index >= 15 is 0 Å². The Balaban J connectivity index is 1.95. The molecule has 0 saturated carbocycles. The molecule has 0 bridgehead atoms. The predicted molar refractivity (Wildman–Crippen MR) is 93.2 cm³/mol. The molecular weight excluding hydrogens is 361 g/mol. The van der Waals surface area contributed by atoms with Gasteiger partial charge in [0.2, 0.25) is 0 Å². The number of carbonyl (C=O) groups is 1. The maximum atomic E-state index is 12.9. The first-order chi connectivity index (χ1) is 12.7. The molecule has 2 aromatic carbocycles. The monoisotopic (exact) mass is 378 g/mol. The Hall–Kier alpha value is -3.03. The predicted octanol–water partition coefficient (Wildman–Crippen LogP) is 4.59. The van der Waals surface area contributed by atoms with Crippen molar-refractivity contribution in [3.63, 3.8) is 0 Å². The minimum atomic E-state index is -4.43. The summed E-state index contributed by atoms with van der Waals surface area (Å²) in [4.78, 5) is 15.3. The van der Waals surface area contributed by atoms with Gasteiger partial charge in [-0.3, -0.25) is 4.57 Å². The van der Waals surface area contributed by atoms with Crippen molar-refractivity contribution in [2.45, 2.75) is 32.5 Å². The van der Waals surface area contributed by atoms with Crippen molar-refractivity contribution in [2.75, 3.05) is 0 Å². The number of halogens is 3. The average molecular weight is 378 g/mol. The van der Waals surface area contributed by atoms with E-state index in [0.29, 0.717) is 29.2 Å². The molecule has 1 unspecified atom stereocenters. The van der Waals surface area contributed by atoms with E-state index in [1.165, 1.54) is 6.07 Å². The van der Waals surface area contributed by atoms with Gasteiger partial charge in [0.25, 0.3) is 0 Å². The maximum Gasteiger partial charge on any atom is 0.416 e. The number of hydrogen-bond donors (Lipinski definition) is 1. The first-order valence-corrected chi connectivity index (χ1v) is 8.27. The number of imidazole rings is 1. The molecule has 1 aromatic heterocycles. The van der Waals surface area contributed by atoms with E-state index in [9.17, 15) is 18.0 Å². The lowest BCUT2D eigenvalue weighted by molar-refractivity contribution is -0.145. The van der Waals surface area contributed by atoms with Crippen LogP contribution >= 0.6 is 0 Å². The molecule has 3 aromatic rings. The van der Waals surface area contributed by atoms with Gasteiger partial charge in [0.05, 0.1) is 16.6 Å². The van der Waals surface area contributed by atoms with E-state index < -0.39 is 23.8 Å². The molecule has 3 rings (SSSR count). The van der Waals surface area contributed by atoms with Crippen molar-refractivity contribution in [3.8, 4) is 11.4 Å². The lowest BCUT2D eigenvalue weighted by atomic mass is 10.2. The number of aliphatic carboxylic acids is 1. The van der Waals surface area contributed by atoms with Gasteiger partial charge < -0.3 is 9.84 Å². The maximum absolute atomic E-state index is 12.9. The summed E-state index contributed by atoms with van der Waals surface area (Å²) in [6, 6.07) is 10.1. The lowest BCUT2D eigenvalue weighted by Gasteiger charge is -2.14. The number of ether oxygens (including phenoxy) is 1. The Bertz CT molecular complexity index is 978. The van der Waals surface area contributed by atoms with E-state index in [0.717, 1.165) is 12.1 Å². The highest BCUT2D eigenvalue weighted by atomic mass is 19.4. The molecule has 0 amide bonds. The summed E-state index contributed by atoms with van der Waals surface area (Å²) in [5.41, 5.74) is 0.735. The van der Waals surface area contributed by atoms with Crippen molar-refractivity contribution in [3.05, 3.63) is 53.9 Å². The van der Waals surface area contributed by atoms with Crippen molar-refractivity contribution in [1.82, 2.24) is 9.55 Å². The number of carboxylic acid groups (broad SMARTS) is 1. The Labute approximate surface area is 153 Å². The minimum absolute atomic E-state index is 0.250. The zero-order chi connectivity index (χ0) is 19.8. The van der Waals surface area contributed by atoms with Crippen LogP contribution in [0.1, 0.15) is 24.7 Å². The summed E-state index contributed by atoms with van der Waals surface area (Å²) in [6.07, 6.45) is -5.04. The minimum Gasteiger partial charge on any atom is -0.479 e. The molecule has 0 saturated heterocycles. The zero-order valence-corrected chi connectivity index (χ0v) is 14.6. The Morgan fingerprint density at radius 1 is 1.22 bits per heavy atom. The van der Waals surface area contributed by atoms with Gasteiger partial charge >= 0.3 is 12.1 Å². The molecule has 142 valence electrons. The molecule has 5 nitrogen and oxygen atoms in total. The number of benzene rings is 2. The standard InChI is InChI=1S/C19H17F3N2O3/c1-3-17(18(25)26)27-14-7-5-13(6-8-14)24-11(2)23-15-10-12(19(20,21)22)4-9-16(15)24/h4-10,17H,3H2,1-2H3,(H,25,26). The summed E-state index contributed by atoms with van der Waals surface area (Å²) in [7, 11) is 0. The van der Waals surface area contributed by atoms with Crippen LogP contribution < -0.4 is 4.74 Å². The van der Waals surface area contributed by atoms with Crippen LogP contribution in [0.2, 0.25) is 0 Å². The van der Waals surface area contributed by atoms with Gasteiger partial charge in [-0.2, -0.15) is 13.2 Å². The van der Waals surface area contributed by atoms with Crippen molar-refractivity contribution < 1.29 is 27.8 Å². The SMILES string of the molecule is CCC(Oc1ccc(-n2c(C)nc3cc(C(F)(F)F)ccc32)cc1)C(=O)O. The van der Waals surface area contributed by atoms with Crippen molar-refractivity contribution in [2.24, 2.45) is 0 Å². The Kier molecular flexibility index (Phi) is 4.82. The number of hydrogen-bond acceptors (Lipinski definition) is 3. The Morgan fingerprint density at radius 2 is 1.89 bits per heavy atom. The highest BCUT2D eigenvalue weighted by molar-refractivity contribution is 5.79. The van der Waals surface area contributed by atoms with Crippen LogP contribution in [0.4, 0.5) is 13.2 Å². The number of aryl methyl sites for hydroxylation is 1. The van der Waals surface area contributed by atoms with Crippen LogP contribution in [0.3, 0.4) is 0 Å². The first-order valence-electron chi connectivity index (χ1n) is 8.27. The van der Waals surface area contributed by atoms with Crippen molar-refractivity contribution in [1.29, 1.82) is 0 Å². The number of alkyl halides is 3. The van der Waals surface area contributed by atoms with E-state index in [-0.39, 0.29) is 5.52 Å². The summed E-state index contributed by atoms with van der Waals surface area (Å²) < 4.78 is 45.8. The van der Waals surface area contributed by atoms with E-state index in [2.05, 4.69) is 4.98 Å². The molecule has 1 atom stereocenters. The summed E-state index contributed by atoms with van der Waals surface area (Å²) >= 11 is 0. The molecule has 1 N–H and O–H groups in total. The summed E-state index contributed by atoms with van der Waals surface area (Å²) in [5.74, 6) is -0.108. The third kappa shape index (κ3) is 3.74. The number of rotatable bonds is 5. The second-order valence-electron chi connectivity index (χ2n) is 6.04. The molecule has 0 radical (unpaired) electrons. The van der Waals surface area contributed by atoms with Crippen LogP contribution in [0.5, 0.6) is 5.75 Å². The third-order valence-corrected chi connectivity index (χ3v) is 4.17. The second kappa shape index (κ2) is 6.94. The van der Waals surface area contributed by atoms with Crippen LogP contribution in [-0.4, -0.2) is 26.7 Å². The largest absolute Gasteiger partial charge is 0.479 e. The molecular formula is C19H17F3N2O3. The number of carboxylic acids is 1. The van der Waals surface area contributed by atoms with Gasteiger partial charge in [0.1, 0.15) is 11.6 Å². The summed E-state index contributed by atoms with van der Waals surface area (Å²) in [6.45, 7) is 3.42. The summed E-state index contributed by atoms with van der Waals surface area (Å²) in [5, 5.41) is 9.06. The quantitative estimate of drug-likeness (QED) is 0.705. The van der Waals surface area contributed by atoms with Gasteiger partial charge in [-0.15, -0.1) is 0 Å². The average Bonchev–Trinajstić information content (AvgIpc) is 2.94. The normalized spacial score (nSPS) is 12.9.